The largest absolute Gasteiger partial charge is 0.493 e. The van der Waals surface area contributed by atoms with E-state index in [-0.39, 0.29) is 11.9 Å². The third kappa shape index (κ3) is 4.10. The highest BCUT2D eigenvalue weighted by atomic mass is 16.5. The molecule has 3 aromatic rings. The van der Waals surface area contributed by atoms with Crippen LogP contribution in [-0.2, 0) is 11.3 Å². The monoisotopic (exact) mass is 379 g/mol. The van der Waals surface area contributed by atoms with E-state index in [9.17, 15) is 4.79 Å². The summed E-state index contributed by atoms with van der Waals surface area (Å²) in [5.41, 5.74) is 1.84. The number of fused-ring (bicyclic) bond motifs is 1. The van der Waals surface area contributed by atoms with Gasteiger partial charge in [0.2, 0.25) is 0 Å². The van der Waals surface area contributed by atoms with Crippen molar-refractivity contribution in [2.75, 3.05) is 26.6 Å². The van der Waals surface area contributed by atoms with Crippen molar-refractivity contribution in [1.29, 1.82) is 0 Å². The van der Waals surface area contributed by atoms with Crippen LogP contribution >= 0.6 is 0 Å². The number of likely N-dealkylation sites (N-methyl/N-ethyl adjacent to an activating group) is 1. The molecule has 0 saturated carbocycles. The highest BCUT2D eigenvalue weighted by Crippen LogP contribution is 2.30. The molecule has 28 heavy (non-hydrogen) atoms. The number of carbonyl (C=O) groups is 1. The summed E-state index contributed by atoms with van der Waals surface area (Å²) in [5, 5.41) is 5.23. The van der Waals surface area contributed by atoms with Gasteiger partial charge in [-0.25, -0.2) is 0 Å². The summed E-state index contributed by atoms with van der Waals surface area (Å²) in [5.74, 6) is 1.39. The van der Waals surface area contributed by atoms with Gasteiger partial charge in [0.1, 0.15) is 6.54 Å². The lowest BCUT2D eigenvalue weighted by Crippen LogP contribution is -3.12. The Morgan fingerprint density at radius 1 is 1.00 bits per heavy atom. The minimum Gasteiger partial charge on any atom is -0.493 e. The lowest BCUT2D eigenvalue weighted by molar-refractivity contribution is -0.907. The van der Waals surface area contributed by atoms with Crippen LogP contribution in [0.15, 0.2) is 60.7 Å². The Labute approximate surface area is 165 Å². The number of para-hydroxylation sites is 1. The molecule has 146 valence electrons. The molecule has 0 aromatic heterocycles. The molecule has 1 unspecified atom stereocenters. The van der Waals surface area contributed by atoms with Gasteiger partial charge in [0, 0.05) is 11.1 Å². The number of quaternary nitrogens is 1. The summed E-state index contributed by atoms with van der Waals surface area (Å²) in [6, 6.07) is 19.5. The number of hydrogen-bond acceptors (Lipinski definition) is 3. The van der Waals surface area contributed by atoms with Crippen molar-refractivity contribution in [2.24, 2.45) is 0 Å². The first-order chi connectivity index (χ1) is 13.5. The van der Waals surface area contributed by atoms with Gasteiger partial charge in [-0.15, -0.1) is 0 Å². The minimum absolute atomic E-state index is 0.0179. The number of nitrogens with one attached hydrogen (secondary N) is 2. The van der Waals surface area contributed by atoms with E-state index in [0.29, 0.717) is 18.0 Å². The molecule has 3 aromatic carbocycles. The van der Waals surface area contributed by atoms with E-state index in [1.165, 1.54) is 0 Å². The first kappa shape index (κ1) is 19.7. The predicted octanol–water partition coefficient (Wildman–Crippen LogP) is 2.90. The third-order valence-corrected chi connectivity index (χ3v) is 5.13. The van der Waals surface area contributed by atoms with E-state index in [4.69, 9.17) is 9.47 Å². The second kappa shape index (κ2) is 8.76. The normalized spacial score (nSPS) is 13.0. The maximum Gasteiger partial charge on any atom is 0.282 e. The van der Waals surface area contributed by atoms with Gasteiger partial charge in [0.25, 0.3) is 5.91 Å². The topological polar surface area (TPSA) is 52.0 Å². The van der Waals surface area contributed by atoms with Crippen LogP contribution in [-0.4, -0.2) is 33.2 Å². The number of ether oxygens (including phenoxy) is 2. The van der Waals surface area contributed by atoms with Gasteiger partial charge in [0.15, 0.2) is 17.5 Å². The Morgan fingerprint density at radius 2 is 1.71 bits per heavy atom. The lowest BCUT2D eigenvalue weighted by atomic mass is 10.1. The Kier molecular flexibility index (Phi) is 6.16. The number of benzene rings is 3. The van der Waals surface area contributed by atoms with E-state index in [2.05, 4.69) is 5.32 Å². The van der Waals surface area contributed by atoms with Crippen LogP contribution in [0.2, 0.25) is 0 Å². The van der Waals surface area contributed by atoms with Gasteiger partial charge in [-0.1, -0.05) is 42.5 Å². The van der Waals surface area contributed by atoms with Gasteiger partial charge in [-0.05, 0) is 30.5 Å². The van der Waals surface area contributed by atoms with Crippen molar-refractivity contribution in [3.63, 3.8) is 0 Å². The molecule has 0 fully saturated rings. The maximum atomic E-state index is 12.9. The molecule has 2 N–H and O–H groups in total. The zero-order valence-corrected chi connectivity index (χ0v) is 16.8. The average molecular weight is 379 g/mol. The lowest BCUT2D eigenvalue weighted by Gasteiger charge is -2.23. The number of hydrogen-bond donors (Lipinski definition) is 2. The van der Waals surface area contributed by atoms with Crippen molar-refractivity contribution in [3.8, 4) is 11.5 Å². The molecule has 5 nitrogen and oxygen atoms in total. The maximum absolute atomic E-state index is 12.9. The first-order valence-corrected chi connectivity index (χ1v) is 9.36. The molecule has 0 saturated heterocycles. The second-order valence-corrected chi connectivity index (χ2v) is 6.91. The molecular weight excluding hydrogens is 352 g/mol. The minimum atomic E-state index is -0.241. The van der Waals surface area contributed by atoms with Gasteiger partial charge >= 0.3 is 0 Å². The van der Waals surface area contributed by atoms with Crippen molar-refractivity contribution in [1.82, 2.24) is 0 Å². The van der Waals surface area contributed by atoms with Gasteiger partial charge in [0.05, 0.1) is 26.8 Å². The fourth-order valence-corrected chi connectivity index (χ4v) is 3.35. The number of amides is 1. The van der Waals surface area contributed by atoms with E-state index in [1.54, 1.807) is 14.2 Å². The summed E-state index contributed by atoms with van der Waals surface area (Å²) < 4.78 is 10.9. The van der Waals surface area contributed by atoms with Gasteiger partial charge in [-0.3, -0.25) is 4.79 Å². The Hall–Kier alpha value is -3.05. The zero-order valence-electron chi connectivity index (χ0n) is 16.8. The van der Waals surface area contributed by atoms with Gasteiger partial charge < -0.3 is 19.7 Å². The summed E-state index contributed by atoms with van der Waals surface area (Å²) >= 11 is 0. The third-order valence-electron chi connectivity index (χ3n) is 5.13. The summed E-state index contributed by atoms with van der Waals surface area (Å²) in [6.45, 7) is 2.58. The highest BCUT2D eigenvalue weighted by molar-refractivity contribution is 6.03. The molecule has 0 aliphatic carbocycles. The molecule has 1 amide bonds. The molecule has 0 aliphatic rings. The van der Waals surface area contributed by atoms with Crippen molar-refractivity contribution in [3.05, 3.63) is 66.2 Å². The molecule has 0 heterocycles. The zero-order chi connectivity index (χ0) is 20.1. The summed E-state index contributed by atoms with van der Waals surface area (Å²) in [4.78, 5) is 13.9. The fraction of sp³-hybridized carbons (Fsp3) is 0.261. The van der Waals surface area contributed by atoms with Crippen LogP contribution in [0.25, 0.3) is 10.8 Å². The number of rotatable bonds is 7. The summed E-state index contributed by atoms with van der Waals surface area (Å²) in [7, 11) is 5.26. The number of carbonyl (C=O) groups excluding carboxylic acids is 1. The van der Waals surface area contributed by atoms with Crippen LogP contribution < -0.4 is 19.7 Å². The predicted molar refractivity (Wildman–Crippen MR) is 112 cm³/mol. The second-order valence-electron chi connectivity index (χ2n) is 6.91. The number of anilines is 1. The van der Waals surface area contributed by atoms with E-state index in [1.807, 2.05) is 74.6 Å². The molecule has 2 atom stereocenters. The standard InChI is InChI=1S/C23H26N2O3/c1-16(25(2)15-18-11-8-14-21(27-3)22(18)28-4)23(26)24-20-13-7-10-17-9-5-6-12-19(17)20/h5-14,16H,15H2,1-4H3,(H,24,26)/p+1/t16-/m1/s1. The SMILES string of the molecule is COc1cccc(C[NH+](C)[C@H](C)C(=O)Nc2cccc3ccccc23)c1OC. The van der Waals surface area contributed by atoms with Crippen molar-refractivity contribution in [2.45, 2.75) is 19.5 Å². The van der Waals surface area contributed by atoms with Crippen LogP contribution in [0.1, 0.15) is 12.5 Å². The Balaban J connectivity index is 1.74. The smallest absolute Gasteiger partial charge is 0.282 e. The quantitative estimate of drug-likeness (QED) is 0.664. The molecule has 5 heteroatoms. The van der Waals surface area contributed by atoms with Crippen molar-refractivity contribution < 1.29 is 19.2 Å². The average Bonchev–Trinajstić information content (AvgIpc) is 2.73. The summed E-state index contributed by atoms with van der Waals surface area (Å²) in [6.07, 6.45) is 0. The Morgan fingerprint density at radius 3 is 2.46 bits per heavy atom. The van der Waals surface area contributed by atoms with E-state index < -0.39 is 0 Å². The molecular formula is C23H27N2O3+. The van der Waals surface area contributed by atoms with Crippen LogP contribution in [0.4, 0.5) is 5.69 Å². The first-order valence-electron chi connectivity index (χ1n) is 9.36. The van der Waals surface area contributed by atoms with E-state index >= 15 is 0 Å². The van der Waals surface area contributed by atoms with Crippen LogP contribution in [0.3, 0.4) is 0 Å². The van der Waals surface area contributed by atoms with Gasteiger partial charge in [-0.2, -0.15) is 0 Å². The molecule has 0 spiro atoms. The van der Waals surface area contributed by atoms with E-state index in [0.717, 1.165) is 26.9 Å². The molecule has 0 aliphatic heterocycles. The molecule has 3 rings (SSSR count). The highest BCUT2D eigenvalue weighted by Gasteiger charge is 2.24. The molecule has 0 radical (unpaired) electrons. The fourth-order valence-electron chi connectivity index (χ4n) is 3.35. The van der Waals surface area contributed by atoms with Crippen LogP contribution in [0.5, 0.6) is 11.5 Å². The Bertz CT molecular complexity index is 966. The van der Waals surface area contributed by atoms with Crippen LogP contribution in [0, 0.1) is 0 Å². The van der Waals surface area contributed by atoms with Crippen molar-refractivity contribution >= 4 is 22.4 Å². The molecule has 0 bridgehead atoms. The number of methoxy groups -OCH3 is 2.